The van der Waals surface area contributed by atoms with Crippen molar-refractivity contribution in [3.8, 4) is 5.75 Å². The van der Waals surface area contributed by atoms with Crippen LogP contribution in [0.1, 0.15) is 18.9 Å². The first kappa shape index (κ1) is 13.8. The molecule has 0 amide bonds. The summed E-state index contributed by atoms with van der Waals surface area (Å²) in [5.41, 5.74) is 6.40. The van der Waals surface area contributed by atoms with Crippen LogP contribution in [0.15, 0.2) is 18.2 Å². The highest BCUT2D eigenvalue weighted by Crippen LogP contribution is 2.18. The van der Waals surface area contributed by atoms with Gasteiger partial charge in [0, 0.05) is 12.1 Å². The predicted octanol–water partition coefficient (Wildman–Crippen LogP) is 2.75. The van der Waals surface area contributed by atoms with Crippen LogP contribution < -0.4 is 10.5 Å². The Morgan fingerprint density at radius 3 is 2.59 bits per heavy atom. The molecule has 1 rings (SSSR count). The SMILES string of the molecule is CCC(N)Cc1cc(F)cc(OCC(F)F)c1. The molecule has 0 bridgehead atoms. The van der Waals surface area contributed by atoms with Gasteiger partial charge in [0.1, 0.15) is 18.2 Å². The fraction of sp³-hybridized carbons (Fsp3) is 0.500. The minimum atomic E-state index is -2.57. The van der Waals surface area contributed by atoms with E-state index in [4.69, 9.17) is 10.5 Å². The van der Waals surface area contributed by atoms with Gasteiger partial charge in [-0.2, -0.15) is 0 Å². The van der Waals surface area contributed by atoms with E-state index in [1.54, 1.807) is 6.07 Å². The Kier molecular flexibility index (Phi) is 5.28. The molecule has 1 unspecified atom stereocenters. The summed E-state index contributed by atoms with van der Waals surface area (Å²) in [6, 6.07) is 3.90. The molecule has 0 aliphatic carbocycles. The topological polar surface area (TPSA) is 35.2 Å². The number of alkyl halides is 2. The van der Waals surface area contributed by atoms with Gasteiger partial charge in [0.05, 0.1) is 0 Å². The fourth-order valence-corrected chi connectivity index (χ4v) is 1.43. The molecule has 0 aliphatic rings. The molecule has 5 heteroatoms. The molecule has 0 saturated heterocycles. The average Bonchev–Trinajstić information content (AvgIpc) is 2.25. The summed E-state index contributed by atoms with van der Waals surface area (Å²) >= 11 is 0. The fourth-order valence-electron chi connectivity index (χ4n) is 1.43. The second kappa shape index (κ2) is 6.49. The molecule has 0 fully saturated rings. The maximum absolute atomic E-state index is 13.2. The van der Waals surface area contributed by atoms with E-state index in [0.717, 1.165) is 12.5 Å². The average molecular weight is 247 g/mol. The van der Waals surface area contributed by atoms with E-state index in [-0.39, 0.29) is 11.8 Å². The molecule has 17 heavy (non-hydrogen) atoms. The Morgan fingerprint density at radius 1 is 1.29 bits per heavy atom. The zero-order valence-electron chi connectivity index (χ0n) is 9.63. The zero-order valence-corrected chi connectivity index (χ0v) is 9.63. The van der Waals surface area contributed by atoms with Gasteiger partial charge in [-0.15, -0.1) is 0 Å². The van der Waals surface area contributed by atoms with Gasteiger partial charge in [-0.3, -0.25) is 0 Å². The Balaban J connectivity index is 2.72. The van der Waals surface area contributed by atoms with Crippen LogP contribution in [-0.2, 0) is 6.42 Å². The van der Waals surface area contributed by atoms with Crippen molar-refractivity contribution in [3.63, 3.8) is 0 Å². The van der Waals surface area contributed by atoms with Crippen molar-refractivity contribution >= 4 is 0 Å². The lowest BCUT2D eigenvalue weighted by atomic mass is 10.0. The summed E-state index contributed by atoms with van der Waals surface area (Å²) in [6.07, 6.45) is -1.30. The molecule has 1 atom stereocenters. The predicted molar refractivity (Wildman–Crippen MR) is 59.9 cm³/mol. The largest absolute Gasteiger partial charge is 0.488 e. The first-order chi connectivity index (χ1) is 8.01. The third-order valence-electron chi connectivity index (χ3n) is 2.33. The second-order valence-electron chi connectivity index (χ2n) is 3.87. The summed E-state index contributed by atoms with van der Waals surface area (Å²) < 4.78 is 41.9. The van der Waals surface area contributed by atoms with E-state index in [1.807, 2.05) is 6.92 Å². The van der Waals surface area contributed by atoms with Gasteiger partial charge in [-0.25, -0.2) is 13.2 Å². The molecule has 96 valence electrons. The number of hydrogen-bond donors (Lipinski definition) is 1. The highest BCUT2D eigenvalue weighted by molar-refractivity contribution is 5.30. The summed E-state index contributed by atoms with van der Waals surface area (Å²) in [7, 11) is 0. The highest BCUT2D eigenvalue weighted by atomic mass is 19.3. The molecule has 0 aromatic heterocycles. The molecular formula is C12H16F3NO. The van der Waals surface area contributed by atoms with Crippen molar-refractivity contribution in [2.45, 2.75) is 32.2 Å². The Morgan fingerprint density at radius 2 is 2.00 bits per heavy atom. The Hall–Kier alpha value is -1.23. The molecule has 0 radical (unpaired) electrons. The number of benzene rings is 1. The molecule has 2 N–H and O–H groups in total. The zero-order chi connectivity index (χ0) is 12.8. The Labute approximate surface area is 98.6 Å². The molecule has 2 nitrogen and oxygen atoms in total. The molecule has 1 aromatic rings. The van der Waals surface area contributed by atoms with Gasteiger partial charge in [-0.05, 0) is 30.5 Å². The maximum atomic E-state index is 13.2. The van der Waals surface area contributed by atoms with Crippen LogP contribution in [0.2, 0.25) is 0 Å². The van der Waals surface area contributed by atoms with Crippen molar-refractivity contribution in [2.24, 2.45) is 5.73 Å². The molecule has 0 heterocycles. The number of nitrogens with two attached hydrogens (primary N) is 1. The van der Waals surface area contributed by atoms with Gasteiger partial charge >= 0.3 is 0 Å². The van der Waals surface area contributed by atoms with Crippen LogP contribution in [-0.4, -0.2) is 19.1 Å². The number of hydrogen-bond acceptors (Lipinski definition) is 2. The van der Waals surface area contributed by atoms with E-state index in [9.17, 15) is 13.2 Å². The number of ether oxygens (including phenoxy) is 1. The van der Waals surface area contributed by atoms with Crippen LogP contribution in [0.4, 0.5) is 13.2 Å². The van der Waals surface area contributed by atoms with Crippen LogP contribution >= 0.6 is 0 Å². The molecule has 0 spiro atoms. The highest BCUT2D eigenvalue weighted by Gasteiger charge is 2.08. The molecule has 1 aromatic carbocycles. The van der Waals surface area contributed by atoms with Gasteiger partial charge in [0.2, 0.25) is 0 Å². The van der Waals surface area contributed by atoms with Crippen molar-refractivity contribution < 1.29 is 17.9 Å². The monoisotopic (exact) mass is 247 g/mol. The minimum absolute atomic E-state index is 0.0697. The van der Waals surface area contributed by atoms with Crippen molar-refractivity contribution in [2.75, 3.05) is 6.61 Å². The van der Waals surface area contributed by atoms with Crippen molar-refractivity contribution in [1.29, 1.82) is 0 Å². The smallest absolute Gasteiger partial charge is 0.272 e. The van der Waals surface area contributed by atoms with E-state index >= 15 is 0 Å². The van der Waals surface area contributed by atoms with Gasteiger partial charge in [-0.1, -0.05) is 6.92 Å². The summed E-state index contributed by atoms with van der Waals surface area (Å²) in [5.74, 6) is -0.390. The van der Waals surface area contributed by atoms with E-state index in [2.05, 4.69) is 0 Å². The van der Waals surface area contributed by atoms with Crippen molar-refractivity contribution in [3.05, 3.63) is 29.6 Å². The molecular weight excluding hydrogens is 231 g/mol. The van der Waals surface area contributed by atoms with Gasteiger partial charge in [0.15, 0.2) is 0 Å². The van der Waals surface area contributed by atoms with Gasteiger partial charge in [0.25, 0.3) is 6.43 Å². The van der Waals surface area contributed by atoms with E-state index < -0.39 is 18.8 Å². The third-order valence-corrected chi connectivity index (χ3v) is 2.33. The number of halogens is 3. The number of rotatable bonds is 6. The Bertz CT molecular complexity index is 358. The van der Waals surface area contributed by atoms with Crippen LogP contribution in [0.5, 0.6) is 5.75 Å². The molecule has 0 aliphatic heterocycles. The standard InChI is InChI=1S/C12H16F3NO/c1-2-10(16)4-8-3-9(13)6-11(5-8)17-7-12(14)15/h3,5-6,10,12H,2,4,7,16H2,1H3. The van der Waals surface area contributed by atoms with Crippen LogP contribution in [0.3, 0.4) is 0 Å². The quantitative estimate of drug-likeness (QED) is 0.838. The lowest BCUT2D eigenvalue weighted by molar-refractivity contribution is 0.0817. The van der Waals surface area contributed by atoms with Crippen LogP contribution in [0.25, 0.3) is 0 Å². The summed E-state index contributed by atoms with van der Waals surface area (Å²) in [4.78, 5) is 0. The first-order valence-electron chi connectivity index (χ1n) is 5.47. The molecule has 0 saturated carbocycles. The van der Waals surface area contributed by atoms with Crippen LogP contribution in [0, 0.1) is 5.82 Å². The summed E-state index contributed by atoms with van der Waals surface area (Å²) in [6.45, 7) is 1.20. The minimum Gasteiger partial charge on any atom is -0.488 e. The van der Waals surface area contributed by atoms with E-state index in [1.165, 1.54) is 6.07 Å². The van der Waals surface area contributed by atoms with Gasteiger partial charge < -0.3 is 10.5 Å². The lowest BCUT2D eigenvalue weighted by Gasteiger charge is -2.11. The van der Waals surface area contributed by atoms with E-state index in [0.29, 0.717) is 12.0 Å². The summed E-state index contributed by atoms with van der Waals surface area (Å²) in [5, 5.41) is 0. The maximum Gasteiger partial charge on any atom is 0.272 e. The third kappa shape index (κ3) is 5.08. The normalized spacial score (nSPS) is 12.8. The van der Waals surface area contributed by atoms with Crippen molar-refractivity contribution in [1.82, 2.24) is 0 Å². The lowest BCUT2D eigenvalue weighted by Crippen LogP contribution is -2.21. The second-order valence-corrected chi connectivity index (χ2v) is 3.87. The first-order valence-corrected chi connectivity index (χ1v) is 5.47.